The molecule has 0 radical (unpaired) electrons. The molecule has 354 valence electrons. The maximum Gasteiger partial charge on any atom is 0.306 e. The van der Waals surface area contributed by atoms with Crippen molar-refractivity contribution in [3.8, 4) is 11.5 Å². The van der Waals surface area contributed by atoms with Crippen molar-refractivity contribution in [2.45, 2.75) is 188 Å². The Hall–Kier alpha value is -4.65. The third kappa shape index (κ3) is 12.8. The Labute approximate surface area is 393 Å². The monoisotopic (exact) mass is 887 g/mol. The molecule has 0 spiro atoms. The Balaban J connectivity index is 0.000000292. The molecule has 3 N–H and O–H groups in total. The van der Waals surface area contributed by atoms with E-state index in [-0.39, 0.29) is 22.9 Å². The minimum Gasteiger partial charge on any atom is -0.508 e. The van der Waals surface area contributed by atoms with Crippen LogP contribution in [0.3, 0.4) is 0 Å². The number of phenolic OH excluding ortho intramolecular Hbond substituents is 1. The van der Waals surface area contributed by atoms with Crippen LogP contribution in [0.4, 0.5) is 0 Å². The average Bonchev–Trinajstić information content (AvgIpc) is 3.72. The number of benzene rings is 4. The number of aliphatic hydroxyl groups is 2. The van der Waals surface area contributed by atoms with Crippen molar-refractivity contribution in [2.24, 2.45) is 0 Å². The highest BCUT2D eigenvalue weighted by Gasteiger charge is 2.33. The predicted molar refractivity (Wildman–Crippen MR) is 272 cm³/mol. The zero-order valence-electron chi connectivity index (χ0n) is 42.1. The lowest BCUT2D eigenvalue weighted by Gasteiger charge is -2.34. The fraction of sp³-hybridized carbons (Fsp3) is 0.508. The Kier molecular flexibility index (Phi) is 19.3. The van der Waals surface area contributed by atoms with E-state index in [1.54, 1.807) is 0 Å². The molecule has 0 bridgehead atoms. The van der Waals surface area contributed by atoms with Crippen LogP contribution in [0.15, 0.2) is 84.9 Å². The molecule has 5 rings (SSSR count). The van der Waals surface area contributed by atoms with Gasteiger partial charge in [-0.2, -0.15) is 0 Å². The second-order valence-electron chi connectivity index (χ2n) is 18.7. The fourth-order valence-electron chi connectivity index (χ4n) is 9.84. The number of carbonyl (C=O) groups excluding carboxylic acids is 1. The molecule has 1 aliphatic heterocycles. The first-order chi connectivity index (χ1) is 30.9. The average molecular weight is 887 g/mol. The number of carbonyl (C=O) groups is 1. The molecule has 0 saturated carbocycles. The minimum atomic E-state index is -0.739. The molecule has 3 atom stereocenters. The van der Waals surface area contributed by atoms with Gasteiger partial charge in [0.25, 0.3) is 0 Å². The minimum absolute atomic E-state index is 0.0716. The summed E-state index contributed by atoms with van der Waals surface area (Å²) in [7, 11) is 0. The molecule has 1 aliphatic rings. The van der Waals surface area contributed by atoms with E-state index in [1.807, 2.05) is 39.0 Å². The summed E-state index contributed by atoms with van der Waals surface area (Å²) in [5.74, 6) is 1.06. The number of aromatic hydroxyl groups is 1. The van der Waals surface area contributed by atoms with Crippen molar-refractivity contribution >= 4 is 18.1 Å². The molecule has 1 heterocycles. The van der Waals surface area contributed by atoms with Gasteiger partial charge in [-0.05, 0) is 153 Å². The largest absolute Gasteiger partial charge is 0.508 e. The fourth-order valence-corrected chi connectivity index (χ4v) is 9.84. The predicted octanol–water partition coefficient (Wildman–Crippen LogP) is 14.5. The molecule has 4 aromatic rings. The molecule has 2 unspecified atom stereocenters. The molecule has 4 aromatic carbocycles. The van der Waals surface area contributed by atoms with Gasteiger partial charge in [0.05, 0.1) is 11.2 Å². The van der Waals surface area contributed by atoms with Crippen molar-refractivity contribution in [2.75, 3.05) is 6.61 Å². The number of aryl methyl sites for hydroxylation is 4. The van der Waals surface area contributed by atoms with Crippen LogP contribution in [0.1, 0.15) is 188 Å². The Bertz CT molecular complexity index is 2220. The molecule has 0 amide bonds. The van der Waals surface area contributed by atoms with Crippen LogP contribution in [-0.2, 0) is 20.4 Å². The molecule has 6 nitrogen and oxygen atoms in total. The van der Waals surface area contributed by atoms with Gasteiger partial charge in [0, 0.05) is 17.3 Å². The quantitative estimate of drug-likeness (QED) is 0.0721. The van der Waals surface area contributed by atoms with Gasteiger partial charge >= 0.3 is 5.97 Å². The van der Waals surface area contributed by atoms with Gasteiger partial charge in [0.2, 0.25) is 0 Å². The number of rotatable bonds is 21. The standard InChI is InChI=1S/C32H44O4.C27H38O2/c1-7-18-31(34,8-2)19-17-25-11-12-26(20-23(25)5)32(9-3,10-4)27-13-15-29(24(6)21-27)35-22-28-14-16-30(33)36-28;1-7-16-26(29,8-2)17-15-22-11-12-23(18-20(22)5)27(9-3,10-4)24-13-14-25(28)21(6)19-24/h11-13,15,17,19-21,28,34H,7-10,14,16,18,22H2,1-6H3;11-15,17-19,28-29H,7-10,16H2,1-6H3/b19-17+;17-15+/t28-,31?;/m0./s1. The van der Waals surface area contributed by atoms with Gasteiger partial charge in [0.1, 0.15) is 24.2 Å². The van der Waals surface area contributed by atoms with Crippen LogP contribution >= 0.6 is 0 Å². The van der Waals surface area contributed by atoms with Crippen LogP contribution in [0.2, 0.25) is 0 Å². The summed E-state index contributed by atoms with van der Waals surface area (Å²) in [6.45, 7) is 26.0. The maximum atomic E-state index is 11.4. The highest BCUT2D eigenvalue weighted by molar-refractivity contribution is 5.71. The van der Waals surface area contributed by atoms with Gasteiger partial charge in [0.15, 0.2) is 0 Å². The lowest BCUT2D eigenvalue weighted by Crippen LogP contribution is -2.26. The van der Waals surface area contributed by atoms with Crippen molar-refractivity contribution in [3.63, 3.8) is 0 Å². The summed E-state index contributed by atoms with van der Waals surface area (Å²) in [5, 5.41) is 31.5. The van der Waals surface area contributed by atoms with Crippen molar-refractivity contribution in [1.29, 1.82) is 0 Å². The summed E-state index contributed by atoms with van der Waals surface area (Å²) < 4.78 is 11.3. The molecule has 1 fully saturated rings. The summed E-state index contributed by atoms with van der Waals surface area (Å²) in [6.07, 6.45) is 18.0. The normalized spacial score (nSPS) is 16.3. The third-order valence-electron chi connectivity index (χ3n) is 14.7. The summed E-state index contributed by atoms with van der Waals surface area (Å²) in [4.78, 5) is 11.4. The molecule has 6 heteroatoms. The second kappa shape index (κ2) is 23.7. The van der Waals surface area contributed by atoms with E-state index in [1.165, 1.54) is 33.4 Å². The van der Waals surface area contributed by atoms with Gasteiger partial charge in [-0.3, -0.25) is 4.79 Å². The molecule has 1 saturated heterocycles. The number of hydrogen-bond donors (Lipinski definition) is 3. The highest BCUT2D eigenvalue weighted by Crippen LogP contribution is 2.43. The van der Waals surface area contributed by atoms with Gasteiger partial charge < -0.3 is 24.8 Å². The molecular formula is C59H82O6. The van der Waals surface area contributed by atoms with E-state index >= 15 is 0 Å². The van der Waals surface area contributed by atoms with Gasteiger partial charge in [-0.1, -0.05) is 153 Å². The summed E-state index contributed by atoms with van der Waals surface area (Å²) in [6, 6.07) is 25.9. The van der Waals surface area contributed by atoms with Crippen molar-refractivity contribution in [3.05, 3.63) is 141 Å². The van der Waals surface area contributed by atoms with Crippen LogP contribution < -0.4 is 4.74 Å². The van der Waals surface area contributed by atoms with E-state index in [2.05, 4.69) is 141 Å². The smallest absolute Gasteiger partial charge is 0.306 e. The Morgan fingerprint density at radius 3 is 1.35 bits per heavy atom. The topological polar surface area (TPSA) is 96.2 Å². The second-order valence-corrected chi connectivity index (χ2v) is 18.7. The van der Waals surface area contributed by atoms with E-state index in [0.29, 0.717) is 25.2 Å². The lowest BCUT2D eigenvalue weighted by molar-refractivity contribution is -0.142. The molecule has 0 aliphatic carbocycles. The van der Waals surface area contributed by atoms with Crippen molar-refractivity contribution in [1.82, 2.24) is 0 Å². The summed E-state index contributed by atoms with van der Waals surface area (Å²) >= 11 is 0. The first kappa shape index (κ1) is 53.0. The van der Waals surface area contributed by atoms with E-state index < -0.39 is 11.2 Å². The van der Waals surface area contributed by atoms with Gasteiger partial charge in [-0.25, -0.2) is 0 Å². The number of esters is 1. The van der Waals surface area contributed by atoms with Crippen LogP contribution in [-0.4, -0.2) is 45.2 Å². The summed E-state index contributed by atoms with van der Waals surface area (Å²) in [5.41, 5.74) is 10.3. The molecule has 65 heavy (non-hydrogen) atoms. The Morgan fingerprint density at radius 1 is 0.585 bits per heavy atom. The lowest BCUT2D eigenvalue weighted by atomic mass is 9.70. The van der Waals surface area contributed by atoms with E-state index in [9.17, 15) is 20.1 Å². The number of hydrogen-bond acceptors (Lipinski definition) is 6. The van der Waals surface area contributed by atoms with Crippen LogP contribution in [0.5, 0.6) is 11.5 Å². The number of phenols is 1. The number of cyclic esters (lactones) is 1. The SMILES string of the molecule is CCCC(O)(/C=C/c1ccc(C(CC)(CC)c2ccc(O)c(C)c2)cc1C)CC.CCCC(O)(/C=C/c1ccc(C(CC)(CC)c2ccc(OC[C@@H]3CCC(=O)O3)c(C)c2)cc1C)CC. The van der Waals surface area contributed by atoms with Crippen LogP contribution in [0, 0.1) is 27.7 Å². The Morgan fingerprint density at radius 2 is 1.00 bits per heavy atom. The zero-order chi connectivity index (χ0) is 48.0. The first-order valence-corrected chi connectivity index (χ1v) is 24.7. The maximum absolute atomic E-state index is 11.4. The van der Waals surface area contributed by atoms with Crippen LogP contribution in [0.25, 0.3) is 12.2 Å². The molecular weight excluding hydrogens is 805 g/mol. The number of ether oxygens (including phenoxy) is 2. The van der Waals surface area contributed by atoms with E-state index in [4.69, 9.17) is 9.47 Å². The zero-order valence-corrected chi connectivity index (χ0v) is 42.1. The highest BCUT2D eigenvalue weighted by atomic mass is 16.6. The first-order valence-electron chi connectivity index (χ1n) is 24.7. The van der Waals surface area contributed by atoms with E-state index in [0.717, 1.165) is 92.2 Å². The van der Waals surface area contributed by atoms with Gasteiger partial charge in [-0.15, -0.1) is 0 Å². The molecule has 0 aromatic heterocycles. The van der Waals surface area contributed by atoms with Crippen molar-refractivity contribution < 1.29 is 29.6 Å². The third-order valence-corrected chi connectivity index (χ3v) is 14.7.